The number of aliphatic carboxylic acids is 1. The van der Waals surface area contributed by atoms with E-state index in [0.29, 0.717) is 6.04 Å². The van der Waals surface area contributed by atoms with Gasteiger partial charge in [0.25, 0.3) is 0 Å². The number of halogens is 1. The van der Waals surface area contributed by atoms with Crippen LogP contribution < -0.4 is 0 Å². The molecule has 2 atom stereocenters. The zero-order valence-corrected chi connectivity index (χ0v) is 11.9. The minimum Gasteiger partial charge on any atom is -0.481 e. The Kier molecular flexibility index (Phi) is 4.83. The Bertz CT molecular complexity index is 432. The fraction of sp³-hybridized carbons (Fsp3) is 0.533. The van der Waals surface area contributed by atoms with Crippen molar-refractivity contribution in [2.24, 2.45) is 0 Å². The maximum atomic E-state index is 10.9. The first-order valence-electron chi connectivity index (χ1n) is 6.84. The molecule has 1 aromatic rings. The fourth-order valence-electron chi connectivity index (χ4n) is 3.04. The van der Waals surface area contributed by atoms with E-state index in [-0.39, 0.29) is 12.5 Å². The molecule has 1 aliphatic rings. The van der Waals surface area contributed by atoms with Crippen LogP contribution in [0.25, 0.3) is 0 Å². The van der Waals surface area contributed by atoms with E-state index in [1.807, 2.05) is 24.3 Å². The quantitative estimate of drug-likeness (QED) is 0.894. The van der Waals surface area contributed by atoms with Gasteiger partial charge in [0.05, 0.1) is 6.42 Å². The van der Waals surface area contributed by atoms with Crippen molar-refractivity contribution in [1.29, 1.82) is 0 Å². The second kappa shape index (κ2) is 6.40. The van der Waals surface area contributed by atoms with Crippen molar-refractivity contribution in [2.75, 3.05) is 6.54 Å². The molecule has 1 aromatic carbocycles. The van der Waals surface area contributed by atoms with Gasteiger partial charge in [0.2, 0.25) is 0 Å². The van der Waals surface area contributed by atoms with Crippen molar-refractivity contribution in [2.45, 2.75) is 44.7 Å². The van der Waals surface area contributed by atoms with Crippen LogP contribution in [0.3, 0.4) is 0 Å². The van der Waals surface area contributed by atoms with Crippen molar-refractivity contribution in [3.05, 3.63) is 34.9 Å². The molecule has 104 valence electrons. The molecular weight excluding hydrogens is 262 g/mol. The van der Waals surface area contributed by atoms with E-state index < -0.39 is 5.97 Å². The maximum Gasteiger partial charge on any atom is 0.304 e. The number of carboxylic acids is 1. The minimum absolute atomic E-state index is 0.165. The van der Waals surface area contributed by atoms with Crippen LogP contribution in [-0.4, -0.2) is 28.6 Å². The van der Waals surface area contributed by atoms with Gasteiger partial charge in [-0.05, 0) is 43.5 Å². The third-order valence-electron chi connectivity index (χ3n) is 3.87. The number of rotatable bonds is 5. The lowest BCUT2D eigenvalue weighted by Gasteiger charge is -2.32. The molecular formula is C15H20ClNO2. The average Bonchev–Trinajstić information content (AvgIpc) is 2.80. The lowest BCUT2D eigenvalue weighted by atomic mass is 10.0. The molecule has 4 heteroatoms. The molecule has 1 heterocycles. The van der Waals surface area contributed by atoms with Gasteiger partial charge in [-0.15, -0.1) is 0 Å². The van der Waals surface area contributed by atoms with E-state index in [0.717, 1.165) is 30.8 Å². The monoisotopic (exact) mass is 281 g/mol. The van der Waals surface area contributed by atoms with Gasteiger partial charge < -0.3 is 5.11 Å². The summed E-state index contributed by atoms with van der Waals surface area (Å²) in [6.07, 6.45) is 3.29. The molecule has 1 aliphatic heterocycles. The lowest BCUT2D eigenvalue weighted by molar-refractivity contribution is -0.138. The molecule has 0 saturated carbocycles. The molecule has 0 spiro atoms. The van der Waals surface area contributed by atoms with Crippen LogP contribution in [0.5, 0.6) is 0 Å². The van der Waals surface area contributed by atoms with E-state index in [2.05, 4.69) is 11.8 Å². The normalized spacial score (nSPS) is 21.5. The third-order valence-corrected chi connectivity index (χ3v) is 4.13. The topological polar surface area (TPSA) is 40.5 Å². The minimum atomic E-state index is -0.706. The first-order chi connectivity index (χ1) is 9.11. The van der Waals surface area contributed by atoms with E-state index in [9.17, 15) is 4.79 Å². The molecule has 2 rings (SSSR count). The number of benzene rings is 1. The van der Waals surface area contributed by atoms with Gasteiger partial charge in [-0.3, -0.25) is 9.69 Å². The van der Waals surface area contributed by atoms with E-state index in [1.54, 1.807) is 0 Å². The Morgan fingerprint density at radius 2 is 2.16 bits per heavy atom. The van der Waals surface area contributed by atoms with Crippen LogP contribution in [0.2, 0.25) is 5.02 Å². The van der Waals surface area contributed by atoms with Gasteiger partial charge in [0, 0.05) is 17.1 Å². The van der Waals surface area contributed by atoms with Gasteiger partial charge in [0.15, 0.2) is 0 Å². The molecule has 3 nitrogen and oxygen atoms in total. The molecule has 1 saturated heterocycles. The highest BCUT2D eigenvalue weighted by molar-refractivity contribution is 6.30. The molecule has 0 radical (unpaired) electrons. The fourth-order valence-corrected chi connectivity index (χ4v) is 3.16. The Morgan fingerprint density at radius 1 is 1.47 bits per heavy atom. The summed E-state index contributed by atoms with van der Waals surface area (Å²) in [5.41, 5.74) is 1.23. The first-order valence-corrected chi connectivity index (χ1v) is 7.22. The van der Waals surface area contributed by atoms with Gasteiger partial charge in [0.1, 0.15) is 0 Å². The Morgan fingerprint density at radius 3 is 2.74 bits per heavy atom. The number of nitrogens with zero attached hydrogens (tertiary/aromatic N) is 1. The van der Waals surface area contributed by atoms with E-state index in [4.69, 9.17) is 16.7 Å². The number of carbonyl (C=O) groups is 1. The number of likely N-dealkylation sites (tertiary alicyclic amines) is 1. The summed E-state index contributed by atoms with van der Waals surface area (Å²) in [4.78, 5) is 13.3. The average molecular weight is 282 g/mol. The van der Waals surface area contributed by atoms with Crippen molar-refractivity contribution in [1.82, 2.24) is 4.90 Å². The van der Waals surface area contributed by atoms with Crippen molar-refractivity contribution in [3.63, 3.8) is 0 Å². The molecule has 0 bridgehead atoms. The summed E-state index contributed by atoms with van der Waals surface area (Å²) in [6.45, 7) is 3.13. The number of hydrogen-bond acceptors (Lipinski definition) is 2. The third kappa shape index (κ3) is 3.48. The van der Waals surface area contributed by atoms with Crippen LogP contribution in [0.1, 0.15) is 44.2 Å². The highest BCUT2D eigenvalue weighted by Crippen LogP contribution is 2.33. The van der Waals surface area contributed by atoms with Gasteiger partial charge in [-0.1, -0.05) is 30.7 Å². The van der Waals surface area contributed by atoms with Crippen molar-refractivity contribution in [3.8, 4) is 0 Å². The van der Waals surface area contributed by atoms with Crippen LogP contribution in [-0.2, 0) is 4.79 Å². The highest BCUT2D eigenvalue weighted by Gasteiger charge is 2.31. The van der Waals surface area contributed by atoms with Crippen LogP contribution in [0.4, 0.5) is 0 Å². The van der Waals surface area contributed by atoms with Crippen LogP contribution in [0, 0.1) is 0 Å². The molecule has 2 unspecified atom stereocenters. The zero-order chi connectivity index (χ0) is 13.8. The summed E-state index contributed by atoms with van der Waals surface area (Å²) < 4.78 is 0. The smallest absolute Gasteiger partial charge is 0.304 e. The zero-order valence-electron chi connectivity index (χ0n) is 11.2. The molecule has 1 N–H and O–H groups in total. The summed E-state index contributed by atoms with van der Waals surface area (Å²) in [7, 11) is 0. The van der Waals surface area contributed by atoms with Gasteiger partial charge >= 0.3 is 5.97 Å². The number of hydrogen-bond donors (Lipinski definition) is 1. The van der Waals surface area contributed by atoms with E-state index >= 15 is 0 Å². The lowest BCUT2D eigenvalue weighted by Crippen LogP contribution is -2.34. The Balaban J connectivity index is 2.16. The maximum absolute atomic E-state index is 10.9. The van der Waals surface area contributed by atoms with Crippen LogP contribution >= 0.6 is 11.6 Å². The van der Waals surface area contributed by atoms with Crippen molar-refractivity contribution < 1.29 is 9.90 Å². The molecule has 0 aromatic heterocycles. The summed E-state index contributed by atoms with van der Waals surface area (Å²) in [5, 5.41) is 9.75. The highest BCUT2D eigenvalue weighted by atomic mass is 35.5. The Labute approximate surface area is 119 Å². The summed E-state index contributed by atoms with van der Waals surface area (Å²) in [6, 6.07) is 8.37. The SMILES string of the molecule is CCC(c1ccc(Cl)cc1)N1CCCC1CC(=O)O. The Hall–Kier alpha value is -1.06. The largest absolute Gasteiger partial charge is 0.481 e. The predicted octanol–water partition coefficient (Wildman–Crippen LogP) is 3.73. The predicted molar refractivity (Wildman–Crippen MR) is 76.5 cm³/mol. The molecule has 0 aliphatic carbocycles. The molecule has 0 amide bonds. The van der Waals surface area contributed by atoms with Gasteiger partial charge in [-0.25, -0.2) is 0 Å². The van der Waals surface area contributed by atoms with Crippen LogP contribution in [0.15, 0.2) is 24.3 Å². The van der Waals surface area contributed by atoms with Crippen molar-refractivity contribution >= 4 is 17.6 Å². The molecule has 19 heavy (non-hydrogen) atoms. The summed E-state index contributed by atoms with van der Waals surface area (Å²) in [5.74, 6) is -0.706. The second-order valence-corrected chi connectivity index (χ2v) is 5.54. The van der Waals surface area contributed by atoms with Gasteiger partial charge in [-0.2, -0.15) is 0 Å². The molecule has 1 fully saturated rings. The second-order valence-electron chi connectivity index (χ2n) is 5.11. The van der Waals surface area contributed by atoms with E-state index in [1.165, 1.54) is 5.56 Å². The first kappa shape index (κ1) is 14.4. The summed E-state index contributed by atoms with van der Waals surface area (Å²) >= 11 is 5.93. The number of carboxylic acid groups (broad SMARTS) is 1. The standard InChI is InChI=1S/C15H20ClNO2/c1-2-14(11-5-7-12(16)8-6-11)17-9-3-4-13(17)10-15(18)19/h5-8,13-14H,2-4,9-10H2,1H3,(H,18,19).